The van der Waals surface area contributed by atoms with Gasteiger partial charge in [-0.25, -0.2) is 9.18 Å². The second-order valence-electron chi connectivity index (χ2n) is 6.46. The lowest BCUT2D eigenvalue weighted by Crippen LogP contribution is -2.42. The van der Waals surface area contributed by atoms with E-state index in [1.54, 1.807) is 12.1 Å². The van der Waals surface area contributed by atoms with E-state index < -0.39 is 12.1 Å². The zero-order valence-corrected chi connectivity index (χ0v) is 14.5. The number of halogens is 1. The van der Waals surface area contributed by atoms with Gasteiger partial charge in [0.05, 0.1) is 12.2 Å². The van der Waals surface area contributed by atoms with Crippen LogP contribution in [0.2, 0.25) is 0 Å². The SMILES string of the molecule is O=C1OC(C(=O)NCCc2cc(F)cc3c2OCOC3)Cc2ccccc21. The Morgan fingerprint density at radius 1 is 1.22 bits per heavy atom. The number of ether oxygens (including phenoxy) is 3. The Morgan fingerprint density at radius 3 is 2.96 bits per heavy atom. The summed E-state index contributed by atoms with van der Waals surface area (Å²) in [4.78, 5) is 24.4. The highest BCUT2D eigenvalue weighted by Gasteiger charge is 2.30. The van der Waals surface area contributed by atoms with Crippen LogP contribution >= 0.6 is 0 Å². The van der Waals surface area contributed by atoms with Crippen LogP contribution in [0.25, 0.3) is 0 Å². The molecular weight excluding hydrogens is 353 g/mol. The topological polar surface area (TPSA) is 73.9 Å². The molecule has 0 fully saturated rings. The monoisotopic (exact) mass is 371 g/mol. The van der Waals surface area contributed by atoms with E-state index >= 15 is 0 Å². The summed E-state index contributed by atoms with van der Waals surface area (Å²) < 4.78 is 29.6. The van der Waals surface area contributed by atoms with Gasteiger partial charge in [-0.1, -0.05) is 18.2 Å². The number of esters is 1. The molecule has 7 heteroatoms. The van der Waals surface area contributed by atoms with Crippen molar-refractivity contribution in [3.63, 3.8) is 0 Å². The molecule has 1 atom stereocenters. The predicted molar refractivity (Wildman–Crippen MR) is 92.7 cm³/mol. The van der Waals surface area contributed by atoms with Gasteiger partial charge in [-0.3, -0.25) is 4.79 Å². The summed E-state index contributed by atoms with van der Waals surface area (Å²) in [5, 5.41) is 2.75. The fourth-order valence-corrected chi connectivity index (χ4v) is 3.35. The van der Waals surface area contributed by atoms with Crippen molar-refractivity contribution in [2.24, 2.45) is 0 Å². The Hall–Kier alpha value is -2.93. The summed E-state index contributed by atoms with van der Waals surface area (Å²) in [6, 6.07) is 9.86. The molecule has 1 N–H and O–H groups in total. The minimum absolute atomic E-state index is 0.120. The molecule has 140 valence electrons. The minimum atomic E-state index is -0.863. The lowest BCUT2D eigenvalue weighted by atomic mass is 9.98. The summed E-state index contributed by atoms with van der Waals surface area (Å²) in [7, 11) is 0. The molecule has 2 aromatic rings. The Bertz CT molecular complexity index is 898. The molecule has 1 unspecified atom stereocenters. The Kier molecular flexibility index (Phi) is 4.77. The van der Waals surface area contributed by atoms with E-state index in [1.807, 2.05) is 12.1 Å². The van der Waals surface area contributed by atoms with E-state index in [2.05, 4.69) is 5.32 Å². The van der Waals surface area contributed by atoms with Crippen molar-refractivity contribution in [1.29, 1.82) is 0 Å². The molecule has 0 spiro atoms. The largest absolute Gasteiger partial charge is 0.467 e. The normalized spacial score (nSPS) is 18.0. The van der Waals surface area contributed by atoms with Gasteiger partial charge in [0.2, 0.25) is 0 Å². The highest BCUT2D eigenvalue weighted by Crippen LogP contribution is 2.29. The van der Waals surface area contributed by atoms with Crippen molar-refractivity contribution in [3.8, 4) is 5.75 Å². The predicted octanol–water partition coefficient (Wildman–Crippen LogP) is 2.13. The third kappa shape index (κ3) is 3.64. The van der Waals surface area contributed by atoms with Gasteiger partial charge in [0.15, 0.2) is 12.9 Å². The second kappa shape index (κ2) is 7.36. The van der Waals surface area contributed by atoms with Gasteiger partial charge in [0.1, 0.15) is 11.6 Å². The summed E-state index contributed by atoms with van der Waals surface area (Å²) in [5.41, 5.74) is 2.61. The molecule has 1 amide bonds. The van der Waals surface area contributed by atoms with E-state index in [1.165, 1.54) is 12.1 Å². The van der Waals surface area contributed by atoms with E-state index in [-0.39, 0.29) is 25.1 Å². The fraction of sp³-hybridized carbons (Fsp3) is 0.300. The molecule has 2 aliphatic rings. The van der Waals surface area contributed by atoms with Crippen molar-refractivity contribution >= 4 is 11.9 Å². The molecule has 2 heterocycles. The highest BCUT2D eigenvalue weighted by molar-refractivity contribution is 5.95. The van der Waals surface area contributed by atoms with E-state index in [9.17, 15) is 14.0 Å². The molecule has 0 saturated heterocycles. The van der Waals surface area contributed by atoms with Crippen LogP contribution in [0.1, 0.15) is 27.0 Å². The lowest BCUT2D eigenvalue weighted by molar-refractivity contribution is -0.130. The summed E-state index contributed by atoms with van der Waals surface area (Å²) >= 11 is 0. The first-order valence-corrected chi connectivity index (χ1v) is 8.70. The van der Waals surface area contributed by atoms with Gasteiger partial charge in [0, 0.05) is 18.5 Å². The molecule has 6 nitrogen and oxygen atoms in total. The van der Waals surface area contributed by atoms with Gasteiger partial charge in [0.25, 0.3) is 5.91 Å². The van der Waals surface area contributed by atoms with Crippen molar-refractivity contribution in [2.45, 2.75) is 25.6 Å². The second-order valence-corrected chi connectivity index (χ2v) is 6.46. The number of cyclic esters (lactones) is 1. The molecule has 2 aliphatic heterocycles. The molecule has 0 aliphatic carbocycles. The van der Waals surface area contributed by atoms with Crippen molar-refractivity contribution in [2.75, 3.05) is 13.3 Å². The molecule has 0 radical (unpaired) electrons. The van der Waals surface area contributed by atoms with E-state index in [0.717, 1.165) is 5.56 Å². The van der Waals surface area contributed by atoms with E-state index in [4.69, 9.17) is 14.2 Å². The number of hydrogen-bond acceptors (Lipinski definition) is 5. The maximum absolute atomic E-state index is 13.8. The first-order chi connectivity index (χ1) is 13.1. The number of nitrogens with one attached hydrogen (secondary N) is 1. The molecule has 0 bridgehead atoms. The van der Waals surface area contributed by atoms with Gasteiger partial charge in [-0.2, -0.15) is 0 Å². The average Bonchev–Trinajstić information content (AvgIpc) is 2.67. The van der Waals surface area contributed by atoms with Gasteiger partial charge >= 0.3 is 5.97 Å². The van der Waals surface area contributed by atoms with E-state index in [0.29, 0.717) is 41.9 Å². The minimum Gasteiger partial charge on any atom is -0.467 e. The molecular formula is C20H18FNO5. The summed E-state index contributed by atoms with van der Waals surface area (Å²) in [5.74, 6) is -0.631. The van der Waals surface area contributed by atoms with Crippen LogP contribution < -0.4 is 10.1 Å². The zero-order valence-electron chi connectivity index (χ0n) is 14.5. The van der Waals surface area contributed by atoms with Crippen LogP contribution in [-0.2, 0) is 33.7 Å². The van der Waals surface area contributed by atoms with Crippen LogP contribution in [0.15, 0.2) is 36.4 Å². The third-order valence-corrected chi connectivity index (χ3v) is 4.63. The Balaban J connectivity index is 1.38. The van der Waals surface area contributed by atoms with Crippen LogP contribution in [0.3, 0.4) is 0 Å². The Labute approximate surface area is 155 Å². The standard InChI is InChI=1S/C20H18FNO5/c21-15-7-13(18-14(8-15)10-25-11-26-18)5-6-22-19(23)17-9-12-3-1-2-4-16(12)20(24)27-17/h1-4,7-8,17H,5-6,9-11H2,(H,22,23). The lowest BCUT2D eigenvalue weighted by Gasteiger charge is -2.24. The van der Waals surface area contributed by atoms with Crippen LogP contribution in [-0.4, -0.2) is 31.3 Å². The molecule has 2 aromatic carbocycles. The zero-order chi connectivity index (χ0) is 18.8. The number of benzene rings is 2. The van der Waals surface area contributed by atoms with Crippen molar-refractivity contribution in [1.82, 2.24) is 5.32 Å². The highest BCUT2D eigenvalue weighted by atomic mass is 19.1. The maximum atomic E-state index is 13.8. The molecule has 4 rings (SSSR count). The van der Waals surface area contributed by atoms with Gasteiger partial charge in [-0.15, -0.1) is 0 Å². The molecule has 0 saturated carbocycles. The fourth-order valence-electron chi connectivity index (χ4n) is 3.35. The Morgan fingerprint density at radius 2 is 2.07 bits per heavy atom. The molecule has 27 heavy (non-hydrogen) atoms. The number of carbonyl (C=O) groups excluding carboxylic acids is 2. The summed E-state index contributed by atoms with van der Waals surface area (Å²) in [6.45, 7) is 0.688. The number of fused-ring (bicyclic) bond motifs is 2. The van der Waals surface area contributed by atoms with Crippen LogP contribution in [0.5, 0.6) is 5.75 Å². The van der Waals surface area contributed by atoms with Crippen molar-refractivity contribution < 1.29 is 28.2 Å². The quantitative estimate of drug-likeness (QED) is 0.834. The molecule has 0 aromatic heterocycles. The average molecular weight is 371 g/mol. The maximum Gasteiger partial charge on any atom is 0.339 e. The van der Waals surface area contributed by atoms with Gasteiger partial charge in [-0.05, 0) is 35.7 Å². The summed E-state index contributed by atoms with van der Waals surface area (Å²) in [6.07, 6.45) is -0.134. The first kappa shape index (κ1) is 17.5. The first-order valence-electron chi connectivity index (χ1n) is 8.70. The number of rotatable bonds is 4. The number of amides is 1. The third-order valence-electron chi connectivity index (χ3n) is 4.63. The number of carbonyl (C=O) groups is 2. The van der Waals surface area contributed by atoms with Crippen LogP contribution in [0.4, 0.5) is 4.39 Å². The van der Waals surface area contributed by atoms with Gasteiger partial charge < -0.3 is 19.5 Å². The van der Waals surface area contributed by atoms with Crippen LogP contribution in [0, 0.1) is 5.82 Å². The smallest absolute Gasteiger partial charge is 0.339 e. The number of hydrogen-bond donors (Lipinski definition) is 1. The van der Waals surface area contributed by atoms with Crippen molar-refractivity contribution in [3.05, 3.63) is 64.5 Å².